The van der Waals surface area contributed by atoms with Gasteiger partial charge >= 0.3 is 0 Å². The predicted octanol–water partition coefficient (Wildman–Crippen LogP) is 4.78. The maximum Gasteiger partial charge on any atom is 0.0751 e. The lowest BCUT2D eigenvalue weighted by atomic mass is 9.78. The molecule has 20 heavy (non-hydrogen) atoms. The van der Waals surface area contributed by atoms with Crippen LogP contribution < -0.4 is 5.32 Å². The van der Waals surface area contributed by atoms with Crippen LogP contribution in [0.5, 0.6) is 0 Å². The highest BCUT2D eigenvalue weighted by Gasteiger charge is 2.27. The first-order valence-electron chi connectivity index (χ1n) is 7.77. The van der Waals surface area contributed by atoms with Crippen LogP contribution in [0.15, 0.2) is 30.5 Å². The summed E-state index contributed by atoms with van der Waals surface area (Å²) in [6, 6.07) is 9.18. The van der Waals surface area contributed by atoms with E-state index in [1.165, 1.54) is 35.9 Å². The Hall–Kier alpha value is -1.57. The molecule has 1 aliphatic carbocycles. The van der Waals surface area contributed by atoms with Crippen LogP contribution in [0.1, 0.15) is 38.7 Å². The van der Waals surface area contributed by atoms with Crippen molar-refractivity contribution in [3.8, 4) is 0 Å². The van der Waals surface area contributed by atoms with E-state index < -0.39 is 0 Å². The van der Waals surface area contributed by atoms with Gasteiger partial charge in [0.1, 0.15) is 0 Å². The minimum Gasteiger partial charge on any atom is -0.381 e. The summed E-state index contributed by atoms with van der Waals surface area (Å²) in [5.41, 5.74) is 3.61. The summed E-state index contributed by atoms with van der Waals surface area (Å²) in [6.45, 7) is 6.90. The summed E-state index contributed by atoms with van der Waals surface area (Å²) in [5, 5.41) is 5.04. The lowest BCUT2D eigenvalue weighted by Gasteiger charge is -2.35. The number of benzene rings is 1. The van der Waals surface area contributed by atoms with Crippen molar-refractivity contribution >= 4 is 16.6 Å². The van der Waals surface area contributed by atoms with Crippen LogP contribution in [0, 0.1) is 18.8 Å². The van der Waals surface area contributed by atoms with Crippen molar-refractivity contribution in [2.45, 2.75) is 46.1 Å². The molecule has 1 saturated carbocycles. The van der Waals surface area contributed by atoms with E-state index in [9.17, 15) is 0 Å². The predicted molar refractivity (Wildman–Crippen MR) is 86.1 cm³/mol. The summed E-state index contributed by atoms with van der Waals surface area (Å²) in [6.07, 6.45) is 5.87. The molecule has 1 aliphatic rings. The molecule has 3 rings (SSSR count). The lowest BCUT2D eigenvalue weighted by molar-refractivity contribution is 0.253. The Labute approximate surface area is 121 Å². The molecule has 2 aromatic rings. The van der Waals surface area contributed by atoms with Crippen LogP contribution >= 0.6 is 0 Å². The highest BCUT2D eigenvalue weighted by molar-refractivity contribution is 5.93. The van der Waals surface area contributed by atoms with Gasteiger partial charge in [-0.15, -0.1) is 0 Å². The molecule has 1 aromatic carbocycles. The Morgan fingerprint density at radius 1 is 1.15 bits per heavy atom. The van der Waals surface area contributed by atoms with Crippen molar-refractivity contribution in [2.75, 3.05) is 5.32 Å². The van der Waals surface area contributed by atoms with Crippen LogP contribution in [0.2, 0.25) is 0 Å². The number of anilines is 1. The fourth-order valence-corrected chi connectivity index (χ4v) is 3.43. The van der Waals surface area contributed by atoms with E-state index in [1.54, 1.807) is 0 Å². The number of fused-ring (bicyclic) bond motifs is 1. The number of rotatable bonds is 2. The first-order valence-corrected chi connectivity index (χ1v) is 7.77. The molecule has 0 radical (unpaired) electrons. The van der Waals surface area contributed by atoms with Gasteiger partial charge in [-0.05, 0) is 48.9 Å². The second-order valence-corrected chi connectivity index (χ2v) is 6.35. The molecule has 0 saturated heterocycles. The van der Waals surface area contributed by atoms with Gasteiger partial charge in [-0.3, -0.25) is 4.98 Å². The Bertz CT molecular complexity index is 605. The summed E-state index contributed by atoms with van der Waals surface area (Å²) >= 11 is 0. The fourth-order valence-electron chi connectivity index (χ4n) is 3.43. The smallest absolute Gasteiger partial charge is 0.0751 e. The van der Waals surface area contributed by atoms with Crippen molar-refractivity contribution in [3.63, 3.8) is 0 Å². The second-order valence-electron chi connectivity index (χ2n) is 6.35. The molecular formula is C18H24N2. The molecule has 0 aliphatic heterocycles. The number of pyridine rings is 1. The number of hydrogen-bond donors (Lipinski definition) is 1. The maximum atomic E-state index is 4.53. The van der Waals surface area contributed by atoms with Crippen molar-refractivity contribution in [3.05, 3.63) is 36.0 Å². The van der Waals surface area contributed by atoms with Crippen molar-refractivity contribution < 1.29 is 0 Å². The normalized spacial score (nSPS) is 26.6. The van der Waals surface area contributed by atoms with Crippen LogP contribution in [-0.2, 0) is 0 Å². The van der Waals surface area contributed by atoms with Gasteiger partial charge in [0.25, 0.3) is 0 Å². The molecule has 3 atom stereocenters. The van der Waals surface area contributed by atoms with Crippen molar-refractivity contribution in [2.24, 2.45) is 11.8 Å². The Morgan fingerprint density at radius 3 is 2.85 bits per heavy atom. The highest BCUT2D eigenvalue weighted by Crippen LogP contribution is 2.33. The third kappa shape index (κ3) is 2.39. The van der Waals surface area contributed by atoms with Crippen LogP contribution in [-0.4, -0.2) is 11.0 Å². The van der Waals surface area contributed by atoms with Gasteiger partial charge in [-0.25, -0.2) is 0 Å². The van der Waals surface area contributed by atoms with E-state index in [0.29, 0.717) is 6.04 Å². The fraction of sp³-hybridized carbons (Fsp3) is 0.500. The van der Waals surface area contributed by atoms with Gasteiger partial charge in [-0.2, -0.15) is 0 Å². The lowest BCUT2D eigenvalue weighted by Crippen LogP contribution is -2.35. The van der Waals surface area contributed by atoms with Crippen LogP contribution in [0.25, 0.3) is 10.9 Å². The van der Waals surface area contributed by atoms with E-state index in [0.717, 1.165) is 17.4 Å². The molecule has 1 fully saturated rings. The molecule has 0 spiro atoms. The van der Waals surface area contributed by atoms with Gasteiger partial charge in [0, 0.05) is 23.3 Å². The summed E-state index contributed by atoms with van der Waals surface area (Å²) in [7, 11) is 0. The zero-order chi connectivity index (χ0) is 14.1. The third-order valence-corrected chi connectivity index (χ3v) is 5.02. The number of aromatic nitrogens is 1. The number of hydrogen-bond acceptors (Lipinski definition) is 2. The first kappa shape index (κ1) is 13.4. The molecular weight excluding hydrogens is 244 g/mol. The van der Waals surface area contributed by atoms with Crippen LogP contribution in [0.3, 0.4) is 0 Å². The van der Waals surface area contributed by atoms with Gasteiger partial charge in [-0.1, -0.05) is 32.8 Å². The van der Waals surface area contributed by atoms with Crippen molar-refractivity contribution in [1.82, 2.24) is 4.98 Å². The molecule has 0 bridgehead atoms. The largest absolute Gasteiger partial charge is 0.381 e. The Balaban J connectivity index is 1.93. The molecule has 1 N–H and O–H groups in total. The van der Waals surface area contributed by atoms with E-state index in [1.807, 2.05) is 12.3 Å². The number of aryl methyl sites for hydroxylation is 1. The van der Waals surface area contributed by atoms with Gasteiger partial charge < -0.3 is 5.32 Å². The Kier molecular flexibility index (Phi) is 3.64. The Morgan fingerprint density at radius 2 is 2.00 bits per heavy atom. The molecule has 1 aromatic heterocycles. The van der Waals surface area contributed by atoms with Gasteiger partial charge in [0.2, 0.25) is 0 Å². The third-order valence-electron chi connectivity index (χ3n) is 5.02. The molecule has 3 unspecified atom stereocenters. The first-order chi connectivity index (χ1) is 9.66. The average Bonchev–Trinajstić information content (AvgIpc) is 2.47. The van der Waals surface area contributed by atoms with E-state index in [-0.39, 0.29) is 0 Å². The van der Waals surface area contributed by atoms with E-state index in [4.69, 9.17) is 0 Å². The quantitative estimate of drug-likeness (QED) is 0.847. The number of nitrogens with one attached hydrogen (secondary N) is 1. The monoisotopic (exact) mass is 268 g/mol. The summed E-state index contributed by atoms with van der Waals surface area (Å²) < 4.78 is 0. The van der Waals surface area contributed by atoms with E-state index in [2.05, 4.69) is 49.3 Å². The molecule has 1 heterocycles. The number of nitrogens with zero attached hydrogens (tertiary/aromatic N) is 1. The highest BCUT2D eigenvalue weighted by atomic mass is 14.9. The van der Waals surface area contributed by atoms with Crippen LogP contribution in [0.4, 0.5) is 5.69 Å². The SMILES string of the molecule is Cc1ccc(NC2CCCC(C)C2C)c2cccnc12. The summed E-state index contributed by atoms with van der Waals surface area (Å²) in [5.74, 6) is 1.55. The zero-order valence-corrected chi connectivity index (χ0v) is 12.7. The topological polar surface area (TPSA) is 24.9 Å². The molecule has 2 nitrogen and oxygen atoms in total. The van der Waals surface area contributed by atoms with Crippen molar-refractivity contribution in [1.29, 1.82) is 0 Å². The maximum absolute atomic E-state index is 4.53. The molecule has 0 amide bonds. The van der Waals surface area contributed by atoms with Gasteiger partial charge in [0.15, 0.2) is 0 Å². The zero-order valence-electron chi connectivity index (χ0n) is 12.7. The minimum atomic E-state index is 0.588. The molecule has 2 heteroatoms. The second kappa shape index (κ2) is 5.43. The minimum absolute atomic E-state index is 0.588. The van der Waals surface area contributed by atoms with E-state index >= 15 is 0 Å². The summed E-state index contributed by atoms with van der Waals surface area (Å²) in [4.78, 5) is 4.53. The standard InChI is InChI=1S/C18H24N2/c1-12-6-4-8-16(14(12)3)20-17-10-9-13(2)18-15(17)7-5-11-19-18/h5,7,9-12,14,16,20H,4,6,8H2,1-3H3. The molecule has 106 valence electrons. The average molecular weight is 268 g/mol. The van der Waals surface area contributed by atoms with Gasteiger partial charge in [0.05, 0.1) is 5.52 Å².